The molecule has 21 heavy (non-hydrogen) atoms. The lowest BCUT2D eigenvalue weighted by molar-refractivity contribution is -0.0461. The molecule has 2 aliphatic rings. The van der Waals surface area contributed by atoms with E-state index in [9.17, 15) is 9.90 Å². The summed E-state index contributed by atoms with van der Waals surface area (Å²) in [6.07, 6.45) is 2.45. The van der Waals surface area contributed by atoms with Crippen LogP contribution in [0, 0.1) is 0 Å². The highest BCUT2D eigenvalue weighted by Crippen LogP contribution is 2.22. The van der Waals surface area contributed by atoms with Gasteiger partial charge in [0.15, 0.2) is 0 Å². The number of nitrogens with zero attached hydrogens (tertiary/aromatic N) is 1. The van der Waals surface area contributed by atoms with Crippen molar-refractivity contribution in [3.8, 4) is 5.75 Å². The number of carbonyl (C=O) groups excluding carboxylic acids is 1. The molecule has 0 saturated carbocycles. The summed E-state index contributed by atoms with van der Waals surface area (Å²) in [4.78, 5) is 14.6. The Morgan fingerprint density at radius 2 is 2.38 bits per heavy atom. The van der Waals surface area contributed by atoms with E-state index in [0.717, 1.165) is 19.7 Å². The molecule has 0 spiro atoms. The lowest BCUT2D eigenvalue weighted by atomic mass is 10.1. The van der Waals surface area contributed by atoms with Crippen LogP contribution in [0.4, 0.5) is 5.69 Å². The third kappa shape index (κ3) is 3.11. The van der Waals surface area contributed by atoms with Gasteiger partial charge in [-0.15, -0.1) is 0 Å². The lowest BCUT2D eigenvalue weighted by Crippen LogP contribution is -2.50. The van der Waals surface area contributed by atoms with Crippen LogP contribution in [0.25, 0.3) is 0 Å². The van der Waals surface area contributed by atoms with Gasteiger partial charge in [0.25, 0.3) is 5.91 Å². The molecule has 2 unspecified atom stereocenters. The molecule has 2 heterocycles. The molecular formula is C15H21N3O3. The summed E-state index contributed by atoms with van der Waals surface area (Å²) in [7, 11) is 0. The molecule has 1 amide bonds. The van der Waals surface area contributed by atoms with E-state index in [0.29, 0.717) is 23.8 Å². The van der Waals surface area contributed by atoms with Crippen molar-refractivity contribution in [3.05, 3.63) is 23.8 Å². The summed E-state index contributed by atoms with van der Waals surface area (Å²) in [6, 6.07) is 4.92. The number of anilines is 1. The number of aromatic hydroxyl groups is 1. The summed E-state index contributed by atoms with van der Waals surface area (Å²) >= 11 is 0. The first-order chi connectivity index (χ1) is 10.1. The highest BCUT2D eigenvalue weighted by Gasteiger charge is 2.32. The minimum Gasteiger partial charge on any atom is -0.508 e. The predicted molar refractivity (Wildman–Crippen MR) is 79.2 cm³/mol. The number of fused-ring (bicyclic) bond motifs is 1. The number of phenolic OH excluding ortho intramolecular Hbond substituents is 1. The summed E-state index contributed by atoms with van der Waals surface area (Å²) in [5.74, 6) is -0.251. The van der Waals surface area contributed by atoms with Crippen molar-refractivity contribution in [2.45, 2.75) is 25.0 Å². The average Bonchev–Trinajstić information content (AvgIpc) is 2.94. The number of phenols is 1. The Labute approximate surface area is 123 Å². The zero-order chi connectivity index (χ0) is 14.8. The highest BCUT2D eigenvalue weighted by molar-refractivity contribution is 5.99. The van der Waals surface area contributed by atoms with E-state index in [-0.39, 0.29) is 17.8 Å². The van der Waals surface area contributed by atoms with Gasteiger partial charge in [-0.25, -0.2) is 0 Å². The first kappa shape index (κ1) is 14.2. The molecule has 1 aromatic carbocycles. The first-order valence-corrected chi connectivity index (χ1v) is 7.36. The molecule has 2 fully saturated rings. The Morgan fingerprint density at radius 1 is 1.52 bits per heavy atom. The second kappa shape index (κ2) is 5.91. The molecule has 3 rings (SSSR count). The molecular weight excluding hydrogens is 270 g/mol. The number of nitrogens with two attached hydrogens (primary N) is 1. The van der Waals surface area contributed by atoms with Gasteiger partial charge in [0.2, 0.25) is 0 Å². The number of morpholine rings is 1. The largest absolute Gasteiger partial charge is 0.508 e. The van der Waals surface area contributed by atoms with Gasteiger partial charge in [0.1, 0.15) is 5.75 Å². The van der Waals surface area contributed by atoms with Crippen LogP contribution >= 0.6 is 0 Å². The number of amides is 1. The van der Waals surface area contributed by atoms with Crippen LogP contribution in [0.3, 0.4) is 0 Å². The van der Waals surface area contributed by atoms with Gasteiger partial charge in [0.05, 0.1) is 18.3 Å². The molecule has 2 saturated heterocycles. The van der Waals surface area contributed by atoms with E-state index >= 15 is 0 Å². The Morgan fingerprint density at radius 3 is 3.24 bits per heavy atom. The monoisotopic (exact) mass is 291 g/mol. The van der Waals surface area contributed by atoms with Gasteiger partial charge in [-0.2, -0.15) is 0 Å². The molecule has 114 valence electrons. The minimum absolute atomic E-state index is 0.0156. The van der Waals surface area contributed by atoms with Crippen LogP contribution in [0.1, 0.15) is 23.2 Å². The maximum atomic E-state index is 12.1. The zero-order valence-electron chi connectivity index (χ0n) is 11.9. The first-order valence-electron chi connectivity index (χ1n) is 7.36. The zero-order valence-corrected chi connectivity index (χ0v) is 11.9. The molecule has 6 nitrogen and oxygen atoms in total. The number of hydrogen-bond donors (Lipinski definition) is 3. The predicted octanol–water partition coefficient (Wildman–Crippen LogP) is 0.567. The summed E-state index contributed by atoms with van der Waals surface area (Å²) in [6.45, 7) is 3.18. The van der Waals surface area contributed by atoms with Crippen LogP contribution in [-0.2, 0) is 4.74 Å². The number of nitrogen functional groups attached to an aromatic ring is 1. The SMILES string of the molecule is Nc1ccc(O)cc1C(=O)NCC1CN2CCCC2CO1. The Bertz CT molecular complexity index is 535. The molecule has 0 bridgehead atoms. The Hall–Kier alpha value is -1.79. The molecule has 2 aliphatic heterocycles. The van der Waals surface area contributed by atoms with E-state index in [1.807, 2.05) is 0 Å². The summed E-state index contributed by atoms with van der Waals surface area (Å²) < 4.78 is 5.80. The maximum Gasteiger partial charge on any atom is 0.253 e. The normalized spacial score (nSPS) is 25.5. The van der Waals surface area contributed by atoms with E-state index in [2.05, 4.69) is 10.2 Å². The van der Waals surface area contributed by atoms with Gasteiger partial charge in [-0.3, -0.25) is 9.69 Å². The van der Waals surface area contributed by atoms with Gasteiger partial charge in [0, 0.05) is 24.8 Å². The van der Waals surface area contributed by atoms with Crippen molar-refractivity contribution in [3.63, 3.8) is 0 Å². The smallest absolute Gasteiger partial charge is 0.253 e. The van der Waals surface area contributed by atoms with E-state index in [4.69, 9.17) is 10.5 Å². The molecule has 4 N–H and O–H groups in total. The number of benzene rings is 1. The van der Waals surface area contributed by atoms with Crippen molar-refractivity contribution in [2.75, 3.05) is 32.0 Å². The quantitative estimate of drug-likeness (QED) is 0.560. The van der Waals surface area contributed by atoms with Crippen molar-refractivity contribution < 1.29 is 14.6 Å². The van der Waals surface area contributed by atoms with Gasteiger partial charge >= 0.3 is 0 Å². The third-order valence-corrected chi connectivity index (χ3v) is 4.23. The molecule has 1 aromatic rings. The van der Waals surface area contributed by atoms with Crippen molar-refractivity contribution in [1.82, 2.24) is 10.2 Å². The maximum absolute atomic E-state index is 12.1. The number of hydrogen-bond acceptors (Lipinski definition) is 5. The standard InChI is InChI=1S/C15H21N3O3/c16-14-4-3-11(19)6-13(14)15(20)17-7-12-8-18-5-1-2-10(18)9-21-12/h3-4,6,10,12,19H,1-2,5,7-9,16H2,(H,17,20). The molecule has 0 radical (unpaired) electrons. The summed E-state index contributed by atoms with van der Waals surface area (Å²) in [5.41, 5.74) is 6.41. The minimum atomic E-state index is -0.282. The lowest BCUT2D eigenvalue weighted by Gasteiger charge is -2.35. The van der Waals surface area contributed by atoms with E-state index in [1.165, 1.54) is 31.0 Å². The van der Waals surface area contributed by atoms with Crippen molar-refractivity contribution >= 4 is 11.6 Å². The molecule has 0 aliphatic carbocycles. The number of ether oxygens (including phenoxy) is 1. The summed E-state index contributed by atoms with van der Waals surface area (Å²) in [5, 5.41) is 12.3. The topological polar surface area (TPSA) is 87.8 Å². The van der Waals surface area contributed by atoms with Gasteiger partial charge in [-0.1, -0.05) is 0 Å². The number of rotatable bonds is 3. The third-order valence-electron chi connectivity index (χ3n) is 4.23. The molecule has 0 aromatic heterocycles. The second-order valence-electron chi connectivity index (χ2n) is 5.73. The molecule has 2 atom stereocenters. The van der Waals surface area contributed by atoms with E-state index in [1.54, 1.807) is 0 Å². The fourth-order valence-corrected chi connectivity index (χ4v) is 3.05. The van der Waals surface area contributed by atoms with E-state index < -0.39 is 0 Å². The number of carbonyl (C=O) groups is 1. The average molecular weight is 291 g/mol. The van der Waals surface area contributed by atoms with Crippen LogP contribution in [0.2, 0.25) is 0 Å². The van der Waals surface area contributed by atoms with Gasteiger partial charge in [-0.05, 0) is 37.6 Å². The van der Waals surface area contributed by atoms with Gasteiger partial charge < -0.3 is 20.9 Å². The number of nitrogens with one attached hydrogen (secondary N) is 1. The Balaban J connectivity index is 1.55. The Kier molecular flexibility index (Phi) is 3.98. The van der Waals surface area contributed by atoms with Crippen LogP contribution < -0.4 is 11.1 Å². The highest BCUT2D eigenvalue weighted by atomic mass is 16.5. The van der Waals surface area contributed by atoms with Crippen LogP contribution in [0.5, 0.6) is 5.75 Å². The fraction of sp³-hybridized carbons (Fsp3) is 0.533. The van der Waals surface area contributed by atoms with Crippen LogP contribution in [-0.4, -0.2) is 54.3 Å². The fourth-order valence-electron chi connectivity index (χ4n) is 3.05. The van der Waals surface area contributed by atoms with Crippen LogP contribution in [0.15, 0.2) is 18.2 Å². The van der Waals surface area contributed by atoms with Crippen molar-refractivity contribution in [1.29, 1.82) is 0 Å². The van der Waals surface area contributed by atoms with Crippen molar-refractivity contribution in [2.24, 2.45) is 0 Å². The molecule has 6 heteroatoms. The second-order valence-corrected chi connectivity index (χ2v) is 5.73.